The zero-order valence-corrected chi connectivity index (χ0v) is 20.3. The lowest BCUT2D eigenvalue weighted by Crippen LogP contribution is -2.56. The molecule has 2 aliphatic heterocycles. The summed E-state index contributed by atoms with van der Waals surface area (Å²) < 4.78 is 2.35. The van der Waals surface area contributed by atoms with Crippen LogP contribution >= 0.6 is 0 Å². The number of aromatic nitrogens is 1. The van der Waals surface area contributed by atoms with Gasteiger partial charge >= 0.3 is 0 Å². The lowest BCUT2D eigenvalue weighted by molar-refractivity contribution is -0.113. The first kappa shape index (κ1) is 22.8. The molecule has 0 spiro atoms. The number of carbonyl (C=O) groups is 2. The van der Waals surface area contributed by atoms with Crippen molar-refractivity contribution in [3.63, 3.8) is 0 Å². The summed E-state index contributed by atoms with van der Waals surface area (Å²) >= 11 is 0. The van der Waals surface area contributed by atoms with E-state index >= 15 is 0 Å². The van der Waals surface area contributed by atoms with Crippen molar-refractivity contribution in [1.82, 2.24) is 9.47 Å². The van der Waals surface area contributed by atoms with Gasteiger partial charge in [0, 0.05) is 48.2 Å². The zero-order chi connectivity index (χ0) is 22.8. The number of para-hydroxylation sites is 1. The molecule has 178 valence electrons. The van der Waals surface area contributed by atoms with Crippen LogP contribution in [0.25, 0.3) is 10.9 Å². The van der Waals surface area contributed by atoms with Gasteiger partial charge in [0.25, 0.3) is 0 Å². The normalized spacial score (nSPS) is 28.0. The molecular weight excluding hydrogens is 408 g/mol. The van der Waals surface area contributed by atoms with Crippen LogP contribution in [-0.2, 0) is 4.79 Å². The maximum atomic E-state index is 12.7. The summed E-state index contributed by atoms with van der Waals surface area (Å²) in [5, 5.41) is 0.928. The minimum absolute atomic E-state index is 0.357. The molecule has 1 unspecified atom stereocenters. The molecule has 4 nitrogen and oxygen atoms in total. The molecule has 3 aliphatic rings. The molecular formula is C29H40N2O2. The van der Waals surface area contributed by atoms with Gasteiger partial charge in [-0.2, -0.15) is 0 Å². The van der Waals surface area contributed by atoms with Crippen molar-refractivity contribution in [1.29, 1.82) is 0 Å². The summed E-state index contributed by atoms with van der Waals surface area (Å²) in [6, 6.07) is 10.6. The van der Waals surface area contributed by atoms with Crippen molar-refractivity contribution in [3.05, 3.63) is 36.0 Å². The SMILES string of the molecule is CC(=O)C(=O)c1cn(C2C[C@H]3CCC[C@@H](C2)N3C2CCCCCCCCC2)c2ccccc12. The van der Waals surface area contributed by atoms with Crippen LogP contribution in [0.15, 0.2) is 30.5 Å². The number of hydrogen-bond donors (Lipinski definition) is 0. The number of nitrogens with zero attached hydrogens (tertiary/aromatic N) is 2. The van der Waals surface area contributed by atoms with Crippen LogP contribution < -0.4 is 0 Å². The van der Waals surface area contributed by atoms with E-state index in [0.717, 1.165) is 16.9 Å². The molecule has 3 atom stereocenters. The van der Waals surface area contributed by atoms with E-state index in [-0.39, 0.29) is 11.6 Å². The van der Waals surface area contributed by atoms with Crippen LogP contribution in [0.3, 0.4) is 0 Å². The Bertz CT molecular complexity index is 969. The number of fused-ring (bicyclic) bond motifs is 3. The van der Waals surface area contributed by atoms with Crippen molar-refractivity contribution in [2.45, 2.75) is 121 Å². The maximum Gasteiger partial charge on any atom is 0.230 e. The van der Waals surface area contributed by atoms with E-state index in [1.165, 1.54) is 96.8 Å². The van der Waals surface area contributed by atoms with E-state index in [2.05, 4.69) is 21.6 Å². The minimum Gasteiger partial charge on any atom is -0.344 e. The maximum absolute atomic E-state index is 12.7. The molecule has 0 radical (unpaired) electrons. The number of benzene rings is 1. The highest BCUT2D eigenvalue weighted by Gasteiger charge is 2.42. The fourth-order valence-corrected chi connectivity index (χ4v) is 7.18. The Kier molecular flexibility index (Phi) is 7.01. The third-order valence-electron chi connectivity index (χ3n) is 8.70. The second-order valence-corrected chi connectivity index (χ2v) is 10.9. The van der Waals surface area contributed by atoms with E-state index in [9.17, 15) is 9.59 Å². The quantitative estimate of drug-likeness (QED) is 0.379. The van der Waals surface area contributed by atoms with Gasteiger partial charge in [-0.25, -0.2) is 0 Å². The van der Waals surface area contributed by atoms with E-state index in [1.54, 1.807) is 0 Å². The highest BCUT2D eigenvalue weighted by Crippen LogP contribution is 2.43. The Morgan fingerprint density at radius 3 is 1.94 bits per heavy atom. The summed E-state index contributed by atoms with van der Waals surface area (Å²) in [5.41, 5.74) is 1.69. The summed E-state index contributed by atoms with van der Waals surface area (Å²) in [7, 11) is 0. The summed E-state index contributed by atoms with van der Waals surface area (Å²) in [4.78, 5) is 27.5. The highest BCUT2D eigenvalue weighted by atomic mass is 16.2. The molecule has 2 bridgehead atoms. The molecule has 1 aromatic carbocycles. The summed E-state index contributed by atoms with van der Waals surface area (Å²) in [5.74, 6) is -0.732. The van der Waals surface area contributed by atoms with Gasteiger partial charge in [-0.05, 0) is 44.6 Å². The number of ketones is 2. The molecule has 5 rings (SSSR count). The smallest absolute Gasteiger partial charge is 0.230 e. The number of piperidine rings is 2. The van der Waals surface area contributed by atoms with Crippen LogP contribution in [-0.4, -0.2) is 39.2 Å². The molecule has 1 saturated carbocycles. The summed E-state index contributed by atoms with van der Waals surface area (Å²) in [6.45, 7) is 1.39. The van der Waals surface area contributed by atoms with Crippen LogP contribution in [0.2, 0.25) is 0 Å². The highest BCUT2D eigenvalue weighted by molar-refractivity contribution is 6.45. The lowest BCUT2D eigenvalue weighted by Gasteiger charge is -2.53. The fraction of sp³-hybridized carbons (Fsp3) is 0.655. The monoisotopic (exact) mass is 448 g/mol. The molecule has 3 heterocycles. The standard InChI is InChI=1S/C29H40N2O2/c1-21(32)29(33)27-20-30(28-17-10-9-16-26(27)28)25-18-23-14-11-15-24(19-25)31(23)22-12-7-5-3-2-4-6-8-13-22/h9-10,16-17,20,22-25H,2-8,11-15,18-19H2,1H3/t23-,24+,25?. The van der Waals surface area contributed by atoms with Gasteiger partial charge in [0.05, 0.1) is 5.56 Å². The van der Waals surface area contributed by atoms with Gasteiger partial charge in [-0.15, -0.1) is 0 Å². The van der Waals surface area contributed by atoms with Crippen LogP contribution in [0.4, 0.5) is 0 Å². The molecule has 1 aliphatic carbocycles. The third-order valence-corrected chi connectivity index (χ3v) is 8.70. The first-order chi connectivity index (χ1) is 16.1. The van der Waals surface area contributed by atoms with E-state index in [0.29, 0.717) is 23.7 Å². The second kappa shape index (κ2) is 10.1. The summed E-state index contributed by atoms with van der Waals surface area (Å²) in [6.07, 6.45) is 20.9. The van der Waals surface area contributed by atoms with E-state index in [4.69, 9.17) is 0 Å². The Morgan fingerprint density at radius 2 is 1.30 bits per heavy atom. The molecule has 3 fully saturated rings. The molecule has 0 N–H and O–H groups in total. The average molecular weight is 449 g/mol. The number of hydrogen-bond acceptors (Lipinski definition) is 3. The van der Waals surface area contributed by atoms with Crippen molar-refractivity contribution < 1.29 is 9.59 Å². The largest absolute Gasteiger partial charge is 0.344 e. The Balaban J connectivity index is 1.40. The topological polar surface area (TPSA) is 42.3 Å². The predicted octanol–water partition coefficient (Wildman–Crippen LogP) is 6.86. The molecule has 33 heavy (non-hydrogen) atoms. The van der Waals surface area contributed by atoms with Crippen molar-refractivity contribution in [2.24, 2.45) is 0 Å². The van der Waals surface area contributed by atoms with Crippen molar-refractivity contribution >= 4 is 22.5 Å². The first-order valence-electron chi connectivity index (χ1n) is 13.6. The van der Waals surface area contributed by atoms with Gasteiger partial charge in [-0.1, -0.05) is 69.6 Å². The second-order valence-electron chi connectivity index (χ2n) is 10.9. The number of rotatable bonds is 4. The van der Waals surface area contributed by atoms with E-state index < -0.39 is 0 Å². The predicted molar refractivity (Wildman–Crippen MR) is 134 cm³/mol. The van der Waals surface area contributed by atoms with Crippen molar-refractivity contribution in [2.75, 3.05) is 0 Å². The van der Waals surface area contributed by atoms with Crippen LogP contribution in [0.1, 0.15) is 113 Å². The molecule has 1 aromatic heterocycles. The molecule has 0 amide bonds. The van der Waals surface area contributed by atoms with E-state index in [1.807, 2.05) is 18.3 Å². The first-order valence-corrected chi connectivity index (χ1v) is 13.6. The van der Waals surface area contributed by atoms with Gasteiger partial charge in [0.2, 0.25) is 5.78 Å². The van der Waals surface area contributed by atoms with Gasteiger partial charge < -0.3 is 4.57 Å². The zero-order valence-electron chi connectivity index (χ0n) is 20.3. The molecule has 2 saturated heterocycles. The van der Waals surface area contributed by atoms with Crippen LogP contribution in [0.5, 0.6) is 0 Å². The Hall–Kier alpha value is -1.94. The van der Waals surface area contributed by atoms with Gasteiger partial charge in [-0.3, -0.25) is 14.5 Å². The minimum atomic E-state index is -0.374. The lowest BCUT2D eigenvalue weighted by atomic mass is 9.79. The molecule has 2 aromatic rings. The van der Waals surface area contributed by atoms with Gasteiger partial charge in [0.1, 0.15) is 0 Å². The Labute approximate surface area is 198 Å². The van der Waals surface area contributed by atoms with Crippen LogP contribution in [0, 0.1) is 0 Å². The van der Waals surface area contributed by atoms with Gasteiger partial charge in [0.15, 0.2) is 5.78 Å². The van der Waals surface area contributed by atoms with Crippen molar-refractivity contribution in [3.8, 4) is 0 Å². The Morgan fingerprint density at radius 1 is 0.727 bits per heavy atom. The average Bonchev–Trinajstić information content (AvgIpc) is 3.21. The number of Topliss-reactive ketones (excluding diaryl/α,β-unsaturated/α-hetero) is 2. The third kappa shape index (κ3) is 4.69. The molecule has 4 heteroatoms. The fourth-order valence-electron chi connectivity index (χ4n) is 7.18. The number of carbonyl (C=O) groups excluding carboxylic acids is 2.